The van der Waals surface area contributed by atoms with Crippen LogP contribution in [0, 0.1) is 0 Å². The zero-order chi connectivity index (χ0) is 9.40. The predicted octanol–water partition coefficient (Wildman–Crippen LogP) is 0.891. The molecule has 0 aliphatic carbocycles. The molecule has 0 aliphatic rings. The van der Waals surface area contributed by atoms with Crippen molar-refractivity contribution in [1.82, 2.24) is 5.32 Å². The monoisotopic (exact) mass is 191 g/mol. The zero-order valence-corrected chi connectivity index (χ0v) is 8.74. The Bertz CT molecular complexity index is 130. The topological polar surface area (TPSA) is 38.3 Å². The van der Waals surface area contributed by atoms with Gasteiger partial charge >= 0.3 is 5.97 Å². The van der Waals surface area contributed by atoms with Gasteiger partial charge in [0.1, 0.15) is 6.04 Å². The van der Waals surface area contributed by atoms with Gasteiger partial charge in [0.25, 0.3) is 0 Å². The van der Waals surface area contributed by atoms with Gasteiger partial charge in [-0.25, -0.2) is 0 Å². The Labute approximate surface area is 78.2 Å². The molecular weight excluding hydrogens is 174 g/mol. The van der Waals surface area contributed by atoms with Crippen LogP contribution >= 0.6 is 11.8 Å². The van der Waals surface area contributed by atoms with Crippen molar-refractivity contribution >= 4 is 17.7 Å². The first-order chi connectivity index (χ1) is 5.72. The highest BCUT2D eigenvalue weighted by molar-refractivity contribution is 7.99. The highest BCUT2D eigenvalue weighted by Gasteiger charge is 2.10. The molecule has 0 aliphatic heterocycles. The average Bonchev–Trinajstić information content (AvgIpc) is 2.10. The van der Waals surface area contributed by atoms with E-state index in [1.807, 2.05) is 18.7 Å². The number of rotatable bonds is 6. The summed E-state index contributed by atoms with van der Waals surface area (Å²) in [5, 5.41) is 3.07. The molecular formula is C8H17NO2S. The van der Waals surface area contributed by atoms with Crippen LogP contribution in [0.3, 0.4) is 0 Å². The van der Waals surface area contributed by atoms with Gasteiger partial charge in [-0.1, -0.05) is 6.92 Å². The molecule has 0 bridgehead atoms. The molecule has 0 aromatic heterocycles. The molecule has 1 unspecified atom stereocenters. The van der Waals surface area contributed by atoms with E-state index in [0.29, 0.717) is 0 Å². The second kappa shape index (κ2) is 7.43. The number of ether oxygens (including phenoxy) is 1. The van der Waals surface area contributed by atoms with Gasteiger partial charge in [-0.3, -0.25) is 4.79 Å². The summed E-state index contributed by atoms with van der Waals surface area (Å²) in [5.74, 6) is 1.96. The Hall–Kier alpha value is -0.220. The Morgan fingerprint density at radius 2 is 2.33 bits per heavy atom. The molecule has 0 radical (unpaired) electrons. The van der Waals surface area contributed by atoms with Gasteiger partial charge in [-0.15, -0.1) is 0 Å². The largest absolute Gasteiger partial charge is 0.468 e. The first kappa shape index (κ1) is 11.8. The molecule has 1 N–H and O–H groups in total. The number of carbonyl (C=O) groups is 1. The number of hydrogen-bond acceptors (Lipinski definition) is 4. The van der Waals surface area contributed by atoms with E-state index in [9.17, 15) is 4.79 Å². The second-order valence-corrected chi connectivity index (χ2v) is 3.79. The van der Waals surface area contributed by atoms with Gasteiger partial charge in [0.2, 0.25) is 0 Å². The Balaban J connectivity index is 3.31. The first-order valence-electron chi connectivity index (χ1n) is 4.11. The fraction of sp³-hybridized carbons (Fsp3) is 0.875. The molecule has 0 rings (SSSR count). The molecule has 0 fully saturated rings. The summed E-state index contributed by atoms with van der Waals surface area (Å²) in [6.45, 7) is 4.78. The van der Waals surface area contributed by atoms with Crippen LogP contribution in [0.4, 0.5) is 0 Å². The van der Waals surface area contributed by atoms with E-state index in [4.69, 9.17) is 0 Å². The lowest BCUT2D eigenvalue weighted by molar-refractivity contribution is -0.142. The number of hydrogen-bond donors (Lipinski definition) is 1. The minimum absolute atomic E-state index is 0.188. The first-order valence-corrected chi connectivity index (χ1v) is 5.26. The van der Waals surface area contributed by atoms with Crippen molar-refractivity contribution in [2.45, 2.75) is 19.9 Å². The summed E-state index contributed by atoms with van der Waals surface area (Å²) in [5.41, 5.74) is 0. The van der Waals surface area contributed by atoms with E-state index >= 15 is 0 Å². The summed E-state index contributed by atoms with van der Waals surface area (Å²) < 4.78 is 4.56. The zero-order valence-electron chi connectivity index (χ0n) is 7.92. The lowest BCUT2D eigenvalue weighted by Gasteiger charge is -2.10. The van der Waals surface area contributed by atoms with E-state index in [0.717, 1.165) is 18.1 Å². The van der Waals surface area contributed by atoms with Gasteiger partial charge in [-0.2, -0.15) is 11.8 Å². The fourth-order valence-electron chi connectivity index (χ4n) is 0.752. The number of nitrogens with one attached hydrogen (secondary N) is 1. The van der Waals surface area contributed by atoms with Crippen LogP contribution in [0.2, 0.25) is 0 Å². The van der Waals surface area contributed by atoms with Crippen LogP contribution in [-0.4, -0.2) is 37.2 Å². The highest BCUT2D eigenvalue weighted by Crippen LogP contribution is 1.96. The number of thioether (sulfide) groups is 1. The Morgan fingerprint density at radius 3 is 2.83 bits per heavy atom. The molecule has 3 nitrogen and oxygen atoms in total. The molecule has 0 amide bonds. The summed E-state index contributed by atoms with van der Waals surface area (Å²) >= 11 is 1.85. The lowest BCUT2D eigenvalue weighted by atomic mass is 10.3. The average molecular weight is 191 g/mol. The van der Waals surface area contributed by atoms with Crippen LogP contribution < -0.4 is 5.32 Å². The van der Waals surface area contributed by atoms with E-state index < -0.39 is 0 Å². The van der Waals surface area contributed by atoms with E-state index in [-0.39, 0.29) is 12.0 Å². The van der Waals surface area contributed by atoms with Crippen LogP contribution in [0.15, 0.2) is 0 Å². The van der Waals surface area contributed by atoms with Gasteiger partial charge in [0, 0.05) is 12.3 Å². The molecule has 0 aromatic carbocycles. The normalized spacial score (nSPS) is 12.6. The lowest BCUT2D eigenvalue weighted by Crippen LogP contribution is -2.36. The smallest absolute Gasteiger partial charge is 0.322 e. The molecule has 0 spiro atoms. The van der Waals surface area contributed by atoms with Crippen molar-refractivity contribution in [3.8, 4) is 0 Å². The summed E-state index contributed by atoms with van der Waals surface area (Å²) in [6.07, 6.45) is 0. The minimum atomic E-state index is -0.198. The maximum Gasteiger partial charge on any atom is 0.322 e. The number of carbonyl (C=O) groups excluding carboxylic acids is 1. The Morgan fingerprint density at radius 1 is 1.67 bits per heavy atom. The fourth-order valence-corrected chi connectivity index (χ4v) is 1.30. The SMILES string of the molecule is CCSCCNC(C)C(=O)OC. The van der Waals surface area contributed by atoms with Crippen molar-refractivity contribution in [2.75, 3.05) is 25.2 Å². The standard InChI is InChI=1S/C8H17NO2S/c1-4-12-6-5-9-7(2)8(10)11-3/h7,9H,4-6H2,1-3H3. The maximum atomic E-state index is 10.9. The van der Waals surface area contributed by atoms with Crippen LogP contribution in [-0.2, 0) is 9.53 Å². The highest BCUT2D eigenvalue weighted by atomic mass is 32.2. The van der Waals surface area contributed by atoms with Crippen LogP contribution in [0.1, 0.15) is 13.8 Å². The van der Waals surface area contributed by atoms with E-state index in [2.05, 4.69) is 17.0 Å². The van der Waals surface area contributed by atoms with Gasteiger partial charge in [0.15, 0.2) is 0 Å². The predicted molar refractivity (Wildman–Crippen MR) is 52.5 cm³/mol. The molecule has 0 saturated carbocycles. The molecule has 4 heteroatoms. The van der Waals surface area contributed by atoms with E-state index in [1.54, 1.807) is 0 Å². The van der Waals surface area contributed by atoms with Crippen molar-refractivity contribution in [3.63, 3.8) is 0 Å². The van der Waals surface area contributed by atoms with Crippen molar-refractivity contribution in [2.24, 2.45) is 0 Å². The molecule has 0 heterocycles. The molecule has 1 atom stereocenters. The van der Waals surface area contributed by atoms with E-state index in [1.165, 1.54) is 7.11 Å². The van der Waals surface area contributed by atoms with Crippen molar-refractivity contribution in [1.29, 1.82) is 0 Å². The maximum absolute atomic E-state index is 10.9. The van der Waals surface area contributed by atoms with Crippen LogP contribution in [0.5, 0.6) is 0 Å². The number of esters is 1. The molecule has 0 saturated heterocycles. The number of methoxy groups -OCH3 is 1. The quantitative estimate of drug-likeness (QED) is 0.500. The third-order valence-electron chi connectivity index (χ3n) is 1.46. The summed E-state index contributed by atoms with van der Waals surface area (Å²) in [4.78, 5) is 10.9. The molecule has 12 heavy (non-hydrogen) atoms. The molecule has 72 valence electrons. The third kappa shape index (κ3) is 5.43. The van der Waals surface area contributed by atoms with Gasteiger partial charge < -0.3 is 10.1 Å². The minimum Gasteiger partial charge on any atom is -0.468 e. The molecule has 0 aromatic rings. The van der Waals surface area contributed by atoms with Gasteiger partial charge in [-0.05, 0) is 12.7 Å². The summed E-state index contributed by atoms with van der Waals surface area (Å²) in [6, 6.07) is -0.188. The van der Waals surface area contributed by atoms with Crippen molar-refractivity contribution < 1.29 is 9.53 Å². The van der Waals surface area contributed by atoms with Crippen molar-refractivity contribution in [3.05, 3.63) is 0 Å². The third-order valence-corrected chi connectivity index (χ3v) is 2.36. The van der Waals surface area contributed by atoms with Gasteiger partial charge in [0.05, 0.1) is 7.11 Å². The summed E-state index contributed by atoms with van der Waals surface area (Å²) in [7, 11) is 1.40. The second-order valence-electron chi connectivity index (χ2n) is 2.40. The Kier molecular flexibility index (Phi) is 7.29. The van der Waals surface area contributed by atoms with Crippen LogP contribution in [0.25, 0.3) is 0 Å².